The molecular weight excluding hydrogens is 324 g/mol. The first-order chi connectivity index (χ1) is 9.95. The SMILES string of the molecule is CCCS(=O)(=O)c1ccc(C(=O)N2CCNCC2C)cc1.Cl. The Kier molecular flexibility index (Phi) is 6.84. The smallest absolute Gasteiger partial charge is 0.254 e. The molecule has 1 atom stereocenters. The Bertz CT molecular complexity index is 602. The molecule has 1 aromatic rings. The number of rotatable bonds is 4. The van der Waals surface area contributed by atoms with E-state index in [1.807, 2.05) is 18.7 Å². The van der Waals surface area contributed by atoms with E-state index in [1.54, 1.807) is 12.1 Å². The molecule has 124 valence electrons. The Labute approximate surface area is 138 Å². The summed E-state index contributed by atoms with van der Waals surface area (Å²) < 4.78 is 23.9. The van der Waals surface area contributed by atoms with Crippen LogP contribution in [0.25, 0.3) is 0 Å². The highest BCUT2D eigenvalue weighted by Crippen LogP contribution is 2.16. The number of hydrogen-bond acceptors (Lipinski definition) is 4. The molecule has 1 amide bonds. The van der Waals surface area contributed by atoms with Crippen molar-refractivity contribution in [2.24, 2.45) is 0 Å². The van der Waals surface area contributed by atoms with Gasteiger partial charge in [0.05, 0.1) is 10.6 Å². The minimum Gasteiger partial charge on any atom is -0.333 e. The van der Waals surface area contributed by atoms with Crippen molar-refractivity contribution in [3.63, 3.8) is 0 Å². The molecule has 1 saturated heterocycles. The third-order valence-electron chi connectivity index (χ3n) is 3.70. The van der Waals surface area contributed by atoms with Gasteiger partial charge in [-0.3, -0.25) is 4.79 Å². The molecule has 1 aliphatic rings. The molecule has 1 unspecified atom stereocenters. The van der Waals surface area contributed by atoms with Crippen molar-refractivity contribution in [2.75, 3.05) is 25.4 Å². The third kappa shape index (κ3) is 4.21. The fourth-order valence-corrected chi connectivity index (χ4v) is 3.82. The van der Waals surface area contributed by atoms with Gasteiger partial charge in [-0.15, -0.1) is 12.4 Å². The molecule has 1 fully saturated rings. The van der Waals surface area contributed by atoms with Gasteiger partial charge in [0.15, 0.2) is 9.84 Å². The fourth-order valence-electron chi connectivity index (χ4n) is 2.50. The molecule has 1 aliphatic heterocycles. The minimum atomic E-state index is -3.22. The third-order valence-corrected chi connectivity index (χ3v) is 5.63. The molecule has 0 radical (unpaired) electrons. The summed E-state index contributed by atoms with van der Waals surface area (Å²) in [6.45, 7) is 6.09. The predicted octanol–water partition coefficient (Wildman–Crippen LogP) is 1.73. The Hall–Kier alpha value is -1.11. The first-order valence-electron chi connectivity index (χ1n) is 7.30. The molecular formula is C15H23ClN2O3S. The van der Waals surface area contributed by atoms with Crippen LogP contribution in [-0.2, 0) is 9.84 Å². The number of amides is 1. The number of benzene rings is 1. The quantitative estimate of drug-likeness (QED) is 0.901. The van der Waals surface area contributed by atoms with Crippen molar-refractivity contribution in [3.05, 3.63) is 29.8 Å². The number of sulfone groups is 1. The Balaban J connectivity index is 0.00000242. The number of halogens is 1. The van der Waals surface area contributed by atoms with E-state index in [0.29, 0.717) is 18.5 Å². The molecule has 0 bridgehead atoms. The van der Waals surface area contributed by atoms with Crippen LogP contribution < -0.4 is 5.32 Å². The van der Waals surface area contributed by atoms with Crippen molar-refractivity contribution in [1.29, 1.82) is 0 Å². The summed E-state index contributed by atoms with van der Waals surface area (Å²) in [5.74, 6) is 0.0956. The summed E-state index contributed by atoms with van der Waals surface area (Å²) in [4.78, 5) is 14.6. The first kappa shape index (κ1) is 18.9. The van der Waals surface area contributed by atoms with E-state index in [9.17, 15) is 13.2 Å². The van der Waals surface area contributed by atoms with Crippen LogP contribution in [0.3, 0.4) is 0 Å². The molecule has 1 aromatic carbocycles. The molecule has 5 nitrogen and oxygen atoms in total. The van der Waals surface area contributed by atoms with Crippen LogP contribution in [0, 0.1) is 0 Å². The van der Waals surface area contributed by atoms with Crippen LogP contribution in [0.2, 0.25) is 0 Å². The number of piperazine rings is 1. The van der Waals surface area contributed by atoms with Crippen molar-refractivity contribution < 1.29 is 13.2 Å². The maximum absolute atomic E-state index is 12.4. The van der Waals surface area contributed by atoms with E-state index in [-0.39, 0.29) is 35.0 Å². The molecule has 7 heteroatoms. The monoisotopic (exact) mass is 346 g/mol. The van der Waals surface area contributed by atoms with Gasteiger partial charge in [0.25, 0.3) is 5.91 Å². The van der Waals surface area contributed by atoms with E-state index in [4.69, 9.17) is 0 Å². The van der Waals surface area contributed by atoms with Crippen LogP contribution in [0.4, 0.5) is 0 Å². The average Bonchev–Trinajstić information content (AvgIpc) is 2.47. The molecule has 1 heterocycles. The second kappa shape index (κ2) is 7.94. The summed E-state index contributed by atoms with van der Waals surface area (Å²) in [6, 6.07) is 6.44. The van der Waals surface area contributed by atoms with Gasteiger partial charge >= 0.3 is 0 Å². The summed E-state index contributed by atoms with van der Waals surface area (Å²) in [6.07, 6.45) is 0.585. The molecule has 0 aromatic heterocycles. The largest absolute Gasteiger partial charge is 0.333 e. The number of nitrogens with zero attached hydrogens (tertiary/aromatic N) is 1. The Morgan fingerprint density at radius 3 is 2.50 bits per heavy atom. The van der Waals surface area contributed by atoms with Gasteiger partial charge < -0.3 is 10.2 Å². The number of hydrogen-bond donors (Lipinski definition) is 1. The lowest BCUT2D eigenvalue weighted by atomic mass is 10.1. The van der Waals surface area contributed by atoms with Gasteiger partial charge in [-0.2, -0.15) is 0 Å². The lowest BCUT2D eigenvalue weighted by Crippen LogP contribution is -2.52. The zero-order valence-electron chi connectivity index (χ0n) is 12.9. The normalized spacial score (nSPS) is 18.6. The highest BCUT2D eigenvalue weighted by molar-refractivity contribution is 7.91. The predicted molar refractivity (Wildman–Crippen MR) is 89.4 cm³/mol. The van der Waals surface area contributed by atoms with Crippen molar-refractivity contribution in [2.45, 2.75) is 31.2 Å². The van der Waals surface area contributed by atoms with Crippen molar-refractivity contribution >= 4 is 28.2 Å². The zero-order valence-corrected chi connectivity index (χ0v) is 14.5. The summed E-state index contributed by atoms with van der Waals surface area (Å²) in [5.41, 5.74) is 0.541. The van der Waals surface area contributed by atoms with Crippen LogP contribution in [-0.4, -0.2) is 50.7 Å². The molecule has 0 spiro atoms. The second-order valence-electron chi connectivity index (χ2n) is 5.39. The summed E-state index contributed by atoms with van der Waals surface area (Å²) in [5, 5.41) is 3.24. The van der Waals surface area contributed by atoms with Gasteiger partial charge in [0.2, 0.25) is 0 Å². The van der Waals surface area contributed by atoms with E-state index in [2.05, 4.69) is 5.32 Å². The van der Waals surface area contributed by atoms with Gasteiger partial charge in [0, 0.05) is 31.2 Å². The molecule has 1 N–H and O–H groups in total. The zero-order chi connectivity index (χ0) is 15.5. The lowest BCUT2D eigenvalue weighted by Gasteiger charge is -2.34. The van der Waals surface area contributed by atoms with Crippen LogP contribution >= 0.6 is 12.4 Å². The molecule has 22 heavy (non-hydrogen) atoms. The Morgan fingerprint density at radius 1 is 1.32 bits per heavy atom. The van der Waals surface area contributed by atoms with Gasteiger partial charge in [0.1, 0.15) is 0 Å². The highest BCUT2D eigenvalue weighted by Gasteiger charge is 2.24. The van der Waals surface area contributed by atoms with Gasteiger partial charge in [-0.05, 0) is 37.6 Å². The maximum atomic E-state index is 12.4. The van der Waals surface area contributed by atoms with Crippen LogP contribution in [0.15, 0.2) is 29.2 Å². The Morgan fingerprint density at radius 2 is 1.95 bits per heavy atom. The highest BCUT2D eigenvalue weighted by atomic mass is 35.5. The summed E-state index contributed by atoms with van der Waals surface area (Å²) in [7, 11) is -3.22. The average molecular weight is 347 g/mol. The van der Waals surface area contributed by atoms with Crippen LogP contribution in [0.5, 0.6) is 0 Å². The first-order valence-corrected chi connectivity index (χ1v) is 8.95. The lowest BCUT2D eigenvalue weighted by molar-refractivity contribution is 0.0655. The maximum Gasteiger partial charge on any atom is 0.254 e. The standard InChI is InChI=1S/C15H22N2O3S.ClH/c1-3-10-21(19,20)14-6-4-13(5-7-14)15(18)17-9-8-16-11-12(17)2;/h4-7,12,16H,3,8-11H2,1-2H3;1H. The number of carbonyl (C=O) groups excluding carboxylic acids is 1. The number of carbonyl (C=O) groups is 1. The molecule has 0 saturated carbocycles. The number of nitrogens with one attached hydrogen (secondary N) is 1. The van der Waals surface area contributed by atoms with E-state index >= 15 is 0 Å². The topological polar surface area (TPSA) is 66.5 Å². The molecule has 2 rings (SSSR count). The van der Waals surface area contributed by atoms with E-state index in [1.165, 1.54) is 12.1 Å². The van der Waals surface area contributed by atoms with Crippen LogP contribution in [0.1, 0.15) is 30.6 Å². The second-order valence-corrected chi connectivity index (χ2v) is 7.50. The van der Waals surface area contributed by atoms with E-state index in [0.717, 1.165) is 13.1 Å². The van der Waals surface area contributed by atoms with Gasteiger partial charge in [-0.1, -0.05) is 6.92 Å². The fraction of sp³-hybridized carbons (Fsp3) is 0.533. The molecule has 0 aliphatic carbocycles. The summed E-state index contributed by atoms with van der Waals surface area (Å²) >= 11 is 0. The minimum absolute atomic E-state index is 0. The van der Waals surface area contributed by atoms with Crippen molar-refractivity contribution in [3.8, 4) is 0 Å². The van der Waals surface area contributed by atoms with Gasteiger partial charge in [-0.25, -0.2) is 8.42 Å². The van der Waals surface area contributed by atoms with Crippen molar-refractivity contribution in [1.82, 2.24) is 10.2 Å². The van der Waals surface area contributed by atoms with E-state index < -0.39 is 9.84 Å².